The molecule has 23 heavy (non-hydrogen) atoms. The maximum absolute atomic E-state index is 14.4. The molecule has 5 nitrogen and oxygen atoms in total. The fourth-order valence-electron chi connectivity index (χ4n) is 2.37. The molecule has 1 aromatic heterocycles. The van der Waals surface area contributed by atoms with E-state index in [4.69, 9.17) is 5.73 Å². The second kappa shape index (κ2) is 6.91. The van der Waals surface area contributed by atoms with Crippen molar-refractivity contribution in [3.05, 3.63) is 41.5 Å². The molecule has 2 aromatic rings. The number of aryl methyl sites for hydroxylation is 2. The highest BCUT2D eigenvalue weighted by molar-refractivity contribution is 5.94. The van der Waals surface area contributed by atoms with E-state index in [1.165, 1.54) is 6.07 Å². The van der Waals surface area contributed by atoms with Crippen LogP contribution in [0, 0.1) is 25.6 Å². The molecule has 0 saturated heterocycles. The predicted octanol–water partition coefficient (Wildman–Crippen LogP) is 2.94. The molecule has 0 aliphatic carbocycles. The fraction of sp³-hybridized carbons (Fsp3) is 0.412. The van der Waals surface area contributed by atoms with Gasteiger partial charge in [0.2, 0.25) is 5.91 Å². The molecule has 3 N–H and O–H groups in total. The van der Waals surface area contributed by atoms with Crippen molar-refractivity contribution in [2.24, 2.45) is 11.7 Å². The van der Waals surface area contributed by atoms with Gasteiger partial charge in [-0.15, -0.1) is 0 Å². The van der Waals surface area contributed by atoms with Crippen LogP contribution in [0.1, 0.15) is 31.7 Å². The highest BCUT2D eigenvalue weighted by Crippen LogP contribution is 2.20. The molecule has 1 amide bonds. The minimum absolute atomic E-state index is 0.0637. The molecule has 2 unspecified atom stereocenters. The van der Waals surface area contributed by atoms with Gasteiger partial charge < -0.3 is 11.1 Å². The lowest BCUT2D eigenvalue weighted by atomic mass is 9.99. The van der Waals surface area contributed by atoms with Gasteiger partial charge in [-0.1, -0.05) is 20.3 Å². The fourth-order valence-corrected chi connectivity index (χ4v) is 2.37. The molecular formula is C17H23FN4O. The van der Waals surface area contributed by atoms with Gasteiger partial charge in [0.1, 0.15) is 5.69 Å². The van der Waals surface area contributed by atoms with Crippen molar-refractivity contribution in [3.8, 4) is 5.69 Å². The quantitative estimate of drug-likeness (QED) is 0.890. The van der Waals surface area contributed by atoms with Crippen molar-refractivity contribution in [1.29, 1.82) is 0 Å². The van der Waals surface area contributed by atoms with E-state index >= 15 is 0 Å². The normalized spacial score (nSPS) is 13.7. The summed E-state index contributed by atoms with van der Waals surface area (Å²) in [5.41, 5.74) is 8.28. The summed E-state index contributed by atoms with van der Waals surface area (Å²) >= 11 is 0. The lowest BCUT2D eigenvalue weighted by molar-refractivity contribution is -0.118. The number of hydrogen-bond acceptors (Lipinski definition) is 3. The first kappa shape index (κ1) is 17.1. The van der Waals surface area contributed by atoms with Crippen molar-refractivity contribution in [3.63, 3.8) is 0 Å². The summed E-state index contributed by atoms with van der Waals surface area (Å²) in [6, 6.07) is 5.79. The molecule has 0 spiro atoms. The SMILES string of the molecule is CCC(C)C(N)C(=O)Nc1ccc(-n2nc(C)cc2C)c(F)c1. The van der Waals surface area contributed by atoms with Gasteiger partial charge in [0.05, 0.1) is 11.7 Å². The standard InChI is InChI=1S/C17H23FN4O/c1-5-10(2)16(19)17(23)20-13-6-7-15(14(18)9-13)22-12(4)8-11(3)21-22/h6-10,16H,5,19H2,1-4H3,(H,20,23). The Hall–Kier alpha value is -2.21. The second-order valence-corrected chi connectivity index (χ2v) is 5.91. The molecule has 2 atom stereocenters. The molecule has 0 bridgehead atoms. The van der Waals surface area contributed by atoms with E-state index in [1.54, 1.807) is 16.8 Å². The molecule has 1 heterocycles. The Morgan fingerprint density at radius 1 is 1.39 bits per heavy atom. The molecule has 1 aromatic carbocycles. The number of aromatic nitrogens is 2. The Kier molecular flexibility index (Phi) is 5.15. The third-order valence-corrected chi connectivity index (χ3v) is 4.01. The number of halogens is 1. The maximum Gasteiger partial charge on any atom is 0.241 e. The van der Waals surface area contributed by atoms with Gasteiger partial charge in [-0.05, 0) is 44.0 Å². The van der Waals surface area contributed by atoms with Crippen LogP contribution in [0.3, 0.4) is 0 Å². The van der Waals surface area contributed by atoms with Crippen LogP contribution in [0.4, 0.5) is 10.1 Å². The Balaban J connectivity index is 2.20. The van der Waals surface area contributed by atoms with Gasteiger partial charge in [-0.3, -0.25) is 4.79 Å². The number of nitrogens with two attached hydrogens (primary N) is 1. The van der Waals surface area contributed by atoms with E-state index in [9.17, 15) is 9.18 Å². The molecule has 0 fully saturated rings. The average molecular weight is 318 g/mol. The molecule has 124 valence electrons. The Morgan fingerprint density at radius 2 is 2.09 bits per heavy atom. The summed E-state index contributed by atoms with van der Waals surface area (Å²) in [7, 11) is 0. The first-order valence-electron chi connectivity index (χ1n) is 7.73. The van der Waals surface area contributed by atoms with Crippen LogP contribution in [0.25, 0.3) is 5.69 Å². The van der Waals surface area contributed by atoms with Crippen LogP contribution in [0.15, 0.2) is 24.3 Å². The summed E-state index contributed by atoms with van der Waals surface area (Å²) in [6.45, 7) is 7.60. The lowest BCUT2D eigenvalue weighted by Gasteiger charge is -2.18. The number of nitrogens with one attached hydrogen (secondary N) is 1. The predicted molar refractivity (Wildman–Crippen MR) is 89.1 cm³/mol. The van der Waals surface area contributed by atoms with Gasteiger partial charge in [-0.2, -0.15) is 5.10 Å². The monoisotopic (exact) mass is 318 g/mol. The Bertz CT molecular complexity index is 711. The molecule has 0 aliphatic rings. The van der Waals surface area contributed by atoms with Crippen molar-refractivity contribution in [2.75, 3.05) is 5.32 Å². The Labute approximate surface area is 135 Å². The number of carbonyl (C=O) groups excluding carboxylic acids is 1. The van der Waals surface area contributed by atoms with Crippen LogP contribution < -0.4 is 11.1 Å². The summed E-state index contributed by atoms with van der Waals surface area (Å²) in [6.07, 6.45) is 0.805. The molecule has 0 saturated carbocycles. The zero-order valence-corrected chi connectivity index (χ0v) is 13.9. The van der Waals surface area contributed by atoms with Gasteiger partial charge in [0, 0.05) is 11.4 Å². The van der Waals surface area contributed by atoms with Crippen LogP contribution in [0.5, 0.6) is 0 Å². The first-order chi connectivity index (χ1) is 10.8. The average Bonchev–Trinajstić information content (AvgIpc) is 2.84. The van der Waals surface area contributed by atoms with E-state index in [2.05, 4.69) is 10.4 Å². The van der Waals surface area contributed by atoms with E-state index in [1.807, 2.05) is 33.8 Å². The smallest absolute Gasteiger partial charge is 0.241 e. The minimum atomic E-state index is -0.612. The molecule has 2 rings (SSSR count). The minimum Gasteiger partial charge on any atom is -0.325 e. The largest absolute Gasteiger partial charge is 0.325 e. The first-order valence-corrected chi connectivity index (χ1v) is 7.73. The van der Waals surface area contributed by atoms with Crippen molar-refractivity contribution in [2.45, 2.75) is 40.2 Å². The topological polar surface area (TPSA) is 72.9 Å². The number of benzene rings is 1. The summed E-state index contributed by atoms with van der Waals surface area (Å²) in [5, 5.41) is 6.93. The van der Waals surface area contributed by atoms with Crippen molar-refractivity contribution >= 4 is 11.6 Å². The van der Waals surface area contributed by atoms with E-state index in [0.717, 1.165) is 17.8 Å². The second-order valence-electron chi connectivity index (χ2n) is 5.91. The van der Waals surface area contributed by atoms with Crippen LogP contribution in [0.2, 0.25) is 0 Å². The molecule has 0 radical (unpaired) electrons. The van der Waals surface area contributed by atoms with Gasteiger partial charge >= 0.3 is 0 Å². The van der Waals surface area contributed by atoms with Gasteiger partial charge in [0.25, 0.3) is 0 Å². The Morgan fingerprint density at radius 3 is 2.61 bits per heavy atom. The van der Waals surface area contributed by atoms with E-state index in [0.29, 0.717) is 11.4 Å². The van der Waals surface area contributed by atoms with Gasteiger partial charge in [-0.25, -0.2) is 9.07 Å². The number of anilines is 1. The zero-order chi connectivity index (χ0) is 17.1. The maximum atomic E-state index is 14.4. The zero-order valence-electron chi connectivity index (χ0n) is 13.9. The number of carbonyl (C=O) groups is 1. The van der Waals surface area contributed by atoms with Crippen LogP contribution >= 0.6 is 0 Å². The van der Waals surface area contributed by atoms with E-state index < -0.39 is 11.9 Å². The summed E-state index contributed by atoms with van der Waals surface area (Å²) in [5.74, 6) is -0.697. The molecule has 0 aliphatic heterocycles. The summed E-state index contributed by atoms with van der Waals surface area (Å²) < 4.78 is 15.9. The number of rotatable bonds is 5. The van der Waals surface area contributed by atoms with Crippen LogP contribution in [-0.2, 0) is 4.79 Å². The number of nitrogens with zero attached hydrogens (tertiary/aromatic N) is 2. The molecule has 6 heteroatoms. The van der Waals surface area contributed by atoms with Gasteiger partial charge in [0.15, 0.2) is 5.82 Å². The number of amides is 1. The van der Waals surface area contributed by atoms with E-state index in [-0.39, 0.29) is 11.8 Å². The highest BCUT2D eigenvalue weighted by atomic mass is 19.1. The summed E-state index contributed by atoms with van der Waals surface area (Å²) in [4.78, 5) is 12.1. The van der Waals surface area contributed by atoms with Crippen molar-refractivity contribution in [1.82, 2.24) is 9.78 Å². The number of hydrogen-bond donors (Lipinski definition) is 2. The third-order valence-electron chi connectivity index (χ3n) is 4.01. The lowest BCUT2D eigenvalue weighted by Crippen LogP contribution is -2.40. The van der Waals surface area contributed by atoms with Crippen LogP contribution in [-0.4, -0.2) is 21.7 Å². The molecular weight excluding hydrogens is 295 g/mol. The highest BCUT2D eigenvalue weighted by Gasteiger charge is 2.20. The van der Waals surface area contributed by atoms with Crippen molar-refractivity contribution < 1.29 is 9.18 Å². The third kappa shape index (κ3) is 3.76.